The number of hydrogen-bond donors (Lipinski definition) is 0. The summed E-state index contributed by atoms with van der Waals surface area (Å²) in [5.74, 6) is 0. The zero-order valence-corrected chi connectivity index (χ0v) is 22.7. The molecule has 1 amide bonds. The van der Waals surface area contributed by atoms with Crippen LogP contribution in [0.1, 0.15) is 50.5 Å². The van der Waals surface area contributed by atoms with Gasteiger partial charge in [0.1, 0.15) is 6.33 Å². The van der Waals surface area contributed by atoms with Crippen molar-refractivity contribution in [2.45, 2.75) is 68.6 Å². The van der Waals surface area contributed by atoms with Gasteiger partial charge >= 0.3 is 6.03 Å². The molecule has 1 aromatic heterocycles. The van der Waals surface area contributed by atoms with Gasteiger partial charge in [-0.3, -0.25) is 4.57 Å². The Kier molecular flexibility index (Phi) is 8.26. The number of nitrogens with zero attached hydrogens (tertiary/aromatic N) is 4. The summed E-state index contributed by atoms with van der Waals surface area (Å²) in [6, 6.07) is 16.9. The summed E-state index contributed by atoms with van der Waals surface area (Å²) in [6.45, 7) is 1.41. The highest BCUT2D eigenvalue weighted by molar-refractivity contribution is 7.89. The highest BCUT2D eigenvalue weighted by Crippen LogP contribution is 2.26. The van der Waals surface area contributed by atoms with E-state index in [0.717, 1.165) is 36.8 Å². The molecule has 1 aliphatic heterocycles. The van der Waals surface area contributed by atoms with E-state index in [4.69, 9.17) is 4.74 Å². The number of rotatable bonds is 7. The molecular formula is C29H36N4O4S. The van der Waals surface area contributed by atoms with Crippen LogP contribution in [0.15, 0.2) is 72.0 Å². The lowest BCUT2D eigenvalue weighted by molar-refractivity contribution is 0.0102. The van der Waals surface area contributed by atoms with Gasteiger partial charge in [-0.2, -0.15) is 4.31 Å². The van der Waals surface area contributed by atoms with Crippen LogP contribution in [0, 0.1) is 0 Å². The minimum atomic E-state index is -3.59. The zero-order valence-electron chi connectivity index (χ0n) is 21.9. The topological polar surface area (TPSA) is 84.7 Å². The van der Waals surface area contributed by atoms with Gasteiger partial charge in [-0.25, -0.2) is 18.2 Å². The first-order valence-electron chi connectivity index (χ1n) is 13.5. The smallest absolute Gasteiger partial charge is 0.329 e. The van der Waals surface area contributed by atoms with Gasteiger partial charge in [-0.05, 0) is 43.4 Å². The maximum Gasteiger partial charge on any atom is 0.329 e. The van der Waals surface area contributed by atoms with Crippen LogP contribution in [-0.4, -0.2) is 65.5 Å². The second-order valence-electron chi connectivity index (χ2n) is 10.3. The highest BCUT2D eigenvalue weighted by atomic mass is 32.2. The number of imidazole rings is 1. The van der Waals surface area contributed by atoms with Crippen molar-refractivity contribution in [1.29, 1.82) is 0 Å². The maximum absolute atomic E-state index is 13.3. The quantitative estimate of drug-likeness (QED) is 0.417. The number of ether oxygens (including phenoxy) is 1. The van der Waals surface area contributed by atoms with Crippen LogP contribution in [0.3, 0.4) is 0 Å². The average molecular weight is 537 g/mol. The van der Waals surface area contributed by atoms with E-state index < -0.39 is 10.0 Å². The third-order valence-electron chi connectivity index (χ3n) is 7.74. The van der Waals surface area contributed by atoms with Gasteiger partial charge in [0.25, 0.3) is 0 Å². The van der Waals surface area contributed by atoms with Gasteiger partial charge in [0, 0.05) is 37.9 Å². The van der Waals surface area contributed by atoms with E-state index >= 15 is 0 Å². The highest BCUT2D eigenvalue weighted by Gasteiger charge is 2.30. The van der Waals surface area contributed by atoms with Crippen LogP contribution in [0.25, 0.3) is 11.3 Å². The van der Waals surface area contributed by atoms with Crippen molar-refractivity contribution in [3.63, 3.8) is 0 Å². The monoisotopic (exact) mass is 536 g/mol. The molecule has 202 valence electrons. The molecule has 2 aliphatic rings. The molecule has 3 aromatic rings. The standard InChI is InChI=1S/C29H36N4O4S/c1-31(25-10-6-3-7-11-25)29(34)32-20-28(30-22-32)24-12-14-27(15-13-24)38(35,36)33-18-16-26(17-19-33)37-21-23-8-4-2-5-9-23/h2,4-5,8-9,12-15,20,22,25-26H,3,6-7,10-11,16-19,21H2,1H3. The third-order valence-corrected chi connectivity index (χ3v) is 9.66. The number of carbonyl (C=O) groups excluding carboxylic acids is 1. The molecule has 5 rings (SSSR count). The fourth-order valence-electron chi connectivity index (χ4n) is 5.36. The summed E-state index contributed by atoms with van der Waals surface area (Å²) in [5.41, 5.74) is 2.52. The molecule has 1 saturated carbocycles. The molecule has 1 saturated heterocycles. The Morgan fingerprint density at radius 2 is 1.66 bits per heavy atom. The van der Waals surface area contributed by atoms with Crippen LogP contribution in [0.5, 0.6) is 0 Å². The van der Waals surface area contributed by atoms with E-state index in [9.17, 15) is 13.2 Å². The third kappa shape index (κ3) is 6.00. The van der Waals surface area contributed by atoms with Crippen molar-refractivity contribution in [3.8, 4) is 11.3 Å². The molecule has 0 N–H and O–H groups in total. The first-order chi connectivity index (χ1) is 18.4. The summed E-state index contributed by atoms with van der Waals surface area (Å²) < 4.78 is 35.6. The number of benzene rings is 2. The van der Waals surface area contributed by atoms with Gasteiger partial charge in [0.15, 0.2) is 0 Å². The second-order valence-corrected chi connectivity index (χ2v) is 12.2. The van der Waals surface area contributed by atoms with Crippen LogP contribution >= 0.6 is 0 Å². The summed E-state index contributed by atoms with van der Waals surface area (Å²) in [6.07, 6.45) is 10.3. The van der Waals surface area contributed by atoms with Gasteiger partial charge in [0.05, 0.1) is 23.3 Å². The summed E-state index contributed by atoms with van der Waals surface area (Å²) in [5, 5.41) is 0. The lowest BCUT2D eigenvalue weighted by Crippen LogP contribution is -2.40. The van der Waals surface area contributed by atoms with Gasteiger partial charge in [-0.1, -0.05) is 61.7 Å². The lowest BCUT2D eigenvalue weighted by Gasteiger charge is -2.31. The van der Waals surface area contributed by atoms with Crippen LogP contribution in [0.4, 0.5) is 4.79 Å². The summed E-state index contributed by atoms with van der Waals surface area (Å²) in [7, 11) is -1.74. The number of amides is 1. The van der Waals surface area contributed by atoms with Crippen molar-refractivity contribution in [2.75, 3.05) is 20.1 Å². The normalized spacial score (nSPS) is 17.9. The van der Waals surface area contributed by atoms with Gasteiger partial charge in [-0.15, -0.1) is 0 Å². The Morgan fingerprint density at radius 3 is 2.34 bits per heavy atom. The molecule has 2 aromatic carbocycles. The Bertz CT molecular complexity index is 1310. The van der Waals surface area contributed by atoms with E-state index in [2.05, 4.69) is 4.98 Å². The van der Waals surface area contributed by atoms with E-state index in [1.165, 1.54) is 17.3 Å². The van der Waals surface area contributed by atoms with E-state index in [1.54, 1.807) is 34.8 Å². The predicted octanol–water partition coefficient (Wildman–Crippen LogP) is 5.15. The van der Waals surface area contributed by atoms with Gasteiger partial charge < -0.3 is 9.64 Å². The summed E-state index contributed by atoms with van der Waals surface area (Å²) >= 11 is 0. The Labute approximate surface area is 225 Å². The number of carbonyl (C=O) groups is 1. The maximum atomic E-state index is 13.3. The van der Waals surface area contributed by atoms with Crippen molar-refractivity contribution in [3.05, 3.63) is 72.7 Å². The van der Waals surface area contributed by atoms with E-state index in [-0.39, 0.29) is 23.1 Å². The Morgan fingerprint density at radius 1 is 0.974 bits per heavy atom. The Balaban J connectivity index is 1.18. The van der Waals surface area contributed by atoms with Crippen LogP contribution < -0.4 is 0 Å². The van der Waals surface area contributed by atoms with Crippen LogP contribution in [-0.2, 0) is 21.4 Å². The van der Waals surface area contributed by atoms with E-state index in [0.29, 0.717) is 38.2 Å². The average Bonchev–Trinajstić information content (AvgIpc) is 3.47. The number of sulfonamides is 1. The first kappa shape index (κ1) is 26.6. The molecule has 9 heteroatoms. The zero-order chi connectivity index (χ0) is 26.5. The minimum Gasteiger partial charge on any atom is -0.373 e. The molecule has 2 heterocycles. The van der Waals surface area contributed by atoms with Crippen molar-refractivity contribution >= 4 is 16.1 Å². The molecule has 0 radical (unpaired) electrons. The molecule has 0 atom stereocenters. The number of hydrogen-bond acceptors (Lipinski definition) is 5. The van der Waals surface area contributed by atoms with Crippen molar-refractivity contribution in [2.24, 2.45) is 0 Å². The van der Waals surface area contributed by atoms with Crippen molar-refractivity contribution < 1.29 is 17.9 Å². The van der Waals surface area contributed by atoms with Crippen molar-refractivity contribution in [1.82, 2.24) is 18.8 Å². The molecular weight excluding hydrogens is 500 g/mol. The lowest BCUT2D eigenvalue weighted by atomic mass is 9.95. The Hall–Kier alpha value is -3.01. The number of piperidine rings is 1. The minimum absolute atomic E-state index is 0.0546. The fraction of sp³-hybridized carbons (Fsp3) is 0.448. The number of aromatic nitrogens is 2. The molecule has 8 nitrogen and oxygen atoms in total. The predicted molar refractivity (Wildman–Crippen MR) is 146 cm³/mol. The molecule has 0 bridgehead atoms. The molecule has 0 spiro atoms. The fourth-order valence-corrected chi connectivity index (χ4v) is 6.83. The van der Waals surface area contributed by atoms with E-state index in [1.807, 2.05) is 42.3 Å². The molecule has 38 heavy (non-hydrogen) atoms. The molecule has 1 aliphatic carbocycles. The van der Waals surface area contributed by atoms with Crippen LogP contribution in [0.2, 0.25) is 0 Å². The largest absolute Gasteiger partial charge is 0.373 e. The molecule has 0 unspecified atom stereocenters. The summed E-state index contributed by atoms with van der Waals surface area (Å²) in [4.78, 5) is 19.4. The first-order valence-corrected chi connectivity index (χ1v) is 14.9. The molecule has 2 fully saturated rings. The second kappa shape index (κ2) is 11.8. The SMILES string of the molecule is CN(C(=O)n1cnc(-c2ccc(S(=O)(=O)N3CCC(OCc4ccccc4)CC3)cc2)c1)C1CCCCC1. The van der Waals surface area contributed by atoms with Gasteiger partial charge in [0.2, 0.25) is 10.0 Å².